The van der Waals surface area contributed by atoms with Crippen molar-refractivity contribution < 1.29 is 47.6 Å². The number of carbonyl (C=O) groups is 4. The molecule has 2 aliphatic rings. The predicted molar refractivity (Wildman–Crippen MR) is 158 cm³/mol. The molecule has 6 atom stereocenters. The number of nitrogens with zero attached hydrogens (tertiary/aromatic N) is 1. The van der Waals surface area contributed by atoms with Crippen LogP contribution in [0.25, 0.3) is 0 Å². The maximum Gasteiger partial charge on any atom is 0.303 e. The Kier molecular flexibility index (Phi) is 10.8. The fourth-order valence-electron chi connectivity index (χ4n) is 4.87. The van der Waals surface area contributed by atoms with Gasteiger partial charge in [0.15, 0.2) is 29.7 Å². The maximum atomic E-state index is 12.1. The van der Waals surface area contributed by atoms with Gasteiger partial charge in [0, 0.05) is 39.7 Å². The second-order valence-corrected chi connectivity index (χ2v) is 10.4. The molecule has 0 aromatic heterocycles. The minimum atomic E-state index is -1.34. The van der Waals surface area contributed by atoms with Gasteiger partial charge in [0.2, 0.25) is 0 Å². The van der Waals surface area contributed by atoms with Crippen molar-refractivity contribution in [3.8, 4) is 5.75 Å². The molecule has 2 aromatic rings. The molecule has 44 heavy (non-hydrogen) atoms. The Morgan fingerprint density at radius 1 is 0.841 bits per heavy atom. The topological polar surface area (TPSA) is 160 Å². The molecule has 1 fully saturated rings. The van der Waals surface area contributed by atoms with Crippen LogP contribution in [0.3, 0.4) is 0 Å². The molecule has 6 unspecified atom stereocenters. The van der Waals surface area contributed by atoms with Crippen LogP contribution in [0.1, 0.15) is 51.3 Å². The monoisotopic (exact) mass is 627 g/mol. The zero-order valence-electron chi connectivity index (χ0n) is 24.5. The molecule has 0 spiro atoms. The lowest BCUT2D eigenvalue weighted by Gasteiger charge is -2.44. The third kappa shape index (κ3) is 8.51. The first-order chi connectivity index (χ1) is 21.0. The Morgan fingerprint density at radius 3 is 2.11 bits per heavy atom. The zero-order valence-corrected chi connectivity index (χ0v) is 25.3. The first-order valence-corrected chi connectivity index (χ1v) is 14.2. The van der Waals surface area contributed by atoms with Crippen LogP contribution >= 0.6 is 12.2 Å². The number of nitrogens with one attached hydrogen (secondary N) is 2. The number of esters is 4. The highest BCUT2D eigenvalue weighted by Gasteiger charge is 2.52. The van der Waals surface area contributed by atoms with Gasteiger partial charge in [-0.1, -0.05) is 42.5 Å². The van der Waals surface area contributed by atoms with Crippen molar-refractivity contribution in [3.05, 3.63) is 65.7 Å². The predicted octanol–water partition coefficient (Wildman–Crippen LogP) is 2.46. The molecule has 14 heteroatoms. The summed E-state index contributed by atoms with van der Waals surface area (Å²) in [6.45, 7) is 4.27. The summed E-state index contributed by atoms with van der Waals surface area (Å²) in [6.07, 6.45) is -6.16. The molecule has 2 heterocycles. The second kappa shape index (κ2) is 14.8. The van der Waals surface area contributed by atoms with Crippen LogP contribution in [0.2, 0.25) is 0 Å². The normalized spacial score (nSPS) is 25.0. The van der Waals surface area contributed by atoms with Crippen LogP contribution < -0.4 is 15.5 Å². The Morgan fingerprint density at radius 2 is 1.45 bits per heavy atom. The van der Waals surface area contributed by atoms with E-state index in [1.54, 1.807) is 0 Å². The summed E-state index contributed by atoms with van der Waals surface area (Å²) in [5.41, 5.74) is 5.24. The lowest BCUT2D eigenvalue weighted by molar-refractivity contribution is -0.254. The molecule has 2 aliphatic heterocycles. The Hall–Kier alpha value is -4.56. The number of para-hydroxylation sites is 1. The number of hydrogen-bond acceptors (Lipinski definition) is 12. The lowest BCUT2D eigenvalue weighted by atomic mass is 9.96. The van der Waals surface area contributed by atoms with E-state index in [-0.39, 0.29) is 17.8 Å². The number of rotatable bonds is 8. The minimum Gasteiger partial charge on any atom is -0.485 e. The fourth-order valence-corrected chi connectivity index (χ4v) is 5.03. The standard InChI is InChI=1S/C30H33N3O10S/c1-16(34)38-15-25-26(39-17(2)35)27(40-18(3)36)28(41-19(4)37)29(43-25)31-30(44)33-32-22-14-24(20-10-6-5-7-11-20)42-23-13-9-8-12-21(22)23/h5-13,24-29H,14-15H2,1-4H3,(H2,31,33,44)/b32-22+. The van der Waals surface area contributed by atoms with Crippen LogP contribution in [-0.4, -0.2) is 72.0 Å². The first-order valence-electron chi connectivity index (χ1n) is 13.8. The summed E-state index contributed by atoms with van der Waals surface area (Å²) in [5.74, 6) is -2.16. The van der Waals surface area contributed by atoms with Gasteiger partial charge in [0.1, 0.15) is 24.6 Å². The smallest absolute Gasteiger partial charge is 0.303 e. The molecule has 1 saturated heterocycles. The average molecular weight is 628 g/mol. The van der Waals surface area contributed by atoms with E-state index in [1.807, 2.05) is 54.6 Å². The number of hydrazone groups is 1. The Labute approximate surface area is 259 Å². The third-order valence-corrected chi connectivity index (χ3v) is 6.78. The van der Waals surface area contributed by atoms with Crippen molar-refractivity contribution in [2.45, 2.75) is 70.9 Å². The van der Waals surface area contributed by atoms with Crippen LogP contribution in [0.15, 0.2) is 59.7 Å². The van der Waals surface area contributed by atoms with Crippen LogP contribution in [0.4, 0.5) is 0 Å². The van der Waals surface area contributed by atoms with E-state index in [0.29, 0.717) is 17.9 Å². The van der Waals surface area contributed by atoms with E-state index in [2.05, 4.69) is 15.8 Å². The molecule has 0 aliphatic carbocycles. The number of benzene rings is 2. The summed E-state index contributed by atoms with van der Waals surface area (Å²) in [6, 6.07) is 17.2. The van der Waals surface area contributed by atoms with Crippen molar-refractivity contribution in [3.63, 3.8) is 0 Å². The van der Waals surface area contributed by atoms with Gasteiger partial charge < -0.3 is 33.7 Å². The molecule has 234 valence electrons. The van der Waals surface area contributed by atoms with Gasteiger partial charge in [-0.05, 0) is 29.9 Å². The number of thiocarbonyl (C=S) groups is 1. The number of carbonyl (C=O) groups excluding carboxylic acids is 4. The molecule has 4 rings (SSSR count). The van der Waals surface area contributed by atoms with Crippen LogP contribution in [0.5, 0.6) is 5.75 Å². The van der Waals surface area contributed by atoms with Gasteiger partial charge in [-0.2, -0.15) is 5.10 Å². The van der Waals surface area contributed by atoms with E-state index in [9.17, 15) is 19.2 Å². The average Bonchev–Trinajstić information content (AvgIpc) is 2.97. The second-order valence-electron chi connectivity index (χ2n) is 9.98. The van der Waals surface area contributed by atoms with Gasteiger partial charge >= 0.3 is 23.9 Å². The van der Waals surface area contributed by atoms with E-state index < -0.39 is 54.5 Å². The maximum absolute atomic E-state index is 12.1. The molecular weight excluding hydrogens is 594 g/mol. The Balaban J connectivity index is 1.58. The highest BCUT2D eigenvalue weighted by Crippen LogP contribution is 2.35. The number of ether oxygens (including phenoxy) is 6. The number of hydrogen-bond donors (Lipinski definition) is 2. The largest absolute Gasteiger partial charge is 0.485 e. The van der Waals surface area contributed by atoms with E-state index in [0.717, 1.165) is 31.9 Å². The summed E-state index contributed by atoms with van der Waals surface area (Å²) < 4.78 is 33.7. The summed E-state index contributed by atoms with van der Waals surface area (Å²) in [5, 5.41) is 7.40. The summed E-state index contributed by atoms with van der Waals surface area (Å²) in [7, 11) is 0. The number of fused-ring (bicyclic) bond motifs is 1. The summed E-state index contributed by atoms with van der Waals surface area (Å²) >= 11 is 5.50. The molecule has 13 nitrogen and oxygen atoms in total. The van der Waals surface area contributed by atoms with Gasteiger partial charge in [-0.25, -0.2) is 0 Å². The van der Waals surface area contributed by atoms with E-state index in [1.165, 1.54) is 6.92 Å². The fraction of sp³-hybridized carbons (Fsp3) is 0.400. The van der Waals surface area contributed by atoms with Crippen LogP contribution in [0, 0.1) is 0 Å². The van der Waals surface area contributed by atoms with Crippen molar-refractivity contribution in [1.82, 2.24) is 10.7 Å². The van der Waals surface area contributed by atoms with Gasteiger partial charge in [-0.15, -0.1) is 0 Å². The lowest BCUT2D eigenvalue weighted by Crippen LogP contribution is -2.66. The third-order valence-electron chi connectivity index (χ3n) is 6.57. The van der Waals surface area contributed by atoms with Crippen molar-refractivity contribution in [2.75, 3.05) is 6.61 Å². The van der Waals surface area contributed by atoms with Crippen molar-refractivity contribution >= 4 is 46.9 Å². The molecule has 2 aromatic carbocycles. The molecular formula is C30H33N3O10S. The molecule has 0 amide bonds. The minimum absolute atomic E-state index is 0.0290. The molecule has 0 saturated carbocycles. The molecule has 2 N–H and O–H groups in total. The SMILES string of the molecule is CC(=O)OCC1OC(NC(=S)N/N=C2\CC(c3ccccc3)Oc3ccccc32)C(OC(C)=O)C(OC(C)=O)C1OC(C)=O. The van der Waals surface area contributed by atoms with E-state index in [4.69, 9.17) is 40.6 Å². The first kappa shape index (κ1) is 32.4. The van der Waals surface area contributed by atoms with Crippen molar-refractivity contribution in [1.29, 1.82) is 0 Å². The Bertz CT molecular complexity index is 1420. The van der Waals surface area contributed by atoms with Gasteiger partial charge in [0.05, 0.1) is 5.71 Å². The van der Waals surface area contributed by atoms with Crippen LogP contribution in [-0.2, 0) is 42.9 Å². The quantitative estimate of drug-likeness (QED) is 0.190. The van der Waals surface area contributed by atoms with E-state index >= 15 is 0 Å². The molecule has 0 radical (unpaired) electrons. The summed E-state index contributed by atoms with van der Waals surface area (Å²) in [4.78, 5) is 47.7. The highest BCUT2D eigenvalue weighted by atomic mass is 32.1. The highest BCUT2D eigenvalue weighted by molar-refractivity contribution is 7.80. The van der Waals surface area contributed by atoms with Crippen molar-refractivity contribution in [2.24, 2.45) is 5.10 Å². The molecule has 0 bridgehead atoms. The zero-order chi connectivity index (χ0) is 31.8. The van der Waals surface area contributed by atoms with Gasteiger partial charge in [-0.3, -0.25) is 24.6 Å². The van der Waals surface area contributed by atoms with Gasteiger partial charge in [0.25, 0.3) is 0 Å².